The lowest BCUT2D eigenvalue weighted by atomic mass is 9.92. The standard InChI is InChI=1S/C20H21ClN2O3.C4H10O/c21-16-3-6-19(22)18(12-16)15-7-8-23(13-25)20(11-15)14-1-4-17(5-2-14)26-10-9-24;1-4(2)5-3/h1-6,11-13,20,24H,7-10,22H2;4H,1-3H3. The van der Waals surface area contributed by atoms with E-state index in [1.165, 1.54) is 0 Å². The molecule has 0 aromatic heterocycles. The van der Waals surface area contributed by atoms with Crippen molar-refractivity contribution in [3.05, 3.63) is 64.7 Å². The number of nitrogen functional groups attached to an aromatic ring is 1. The van der Waals surface area contributed by atoms with Crippen LogP contribution in [0.3, 0.4) is 0 Å². The van der Waals surface area contributed by atoms with Crippen LogP contribution in [-0.2, 0) is 9.53 Å². The highest BCUT2D eigenvalue weighted by Gasteiger charge is 2.24. The van der Waals surface area contributed by atoms with Crippen LogP contribution in [0.25, 0.3) is 5.57 Å². The molecule has 0 aliphatic carbocycles. The van der Waals surface area contributed by atoms with Crippen LogP contribution in [0.15, 0.2) is 48.5 Å². The lowest BCUT2D eigenvalue weighted by Gasteiger charge is -2.32. The van der Waals surface area contributed by atoms with E-state index >= 15 is 0 Å². The first-order valence-corrected chi connectivity index (χ1v) is 10.6. The first-order valence-electron chi connectivity index (χ1n) is 10.2. The summed E-state index contributed by atoms with van der Waals surface area (Å²) in [4.78, 5) is 13.3. The van der Waals surface area contributed by atoms with Crippen molar-refractivity contribution in [2.75, 3.05) is 32.6 Å². The minimum absolute atomic E-state index is 0.0313. The molecule has 7 heteroatoms. The molecule has 1 aliphatic rings. The van der Waals surface area contributed by atoms with Crippen molar-refractivity contribution in [2.24, 2.45) is 0 Å². The van der Waals surface area contributed by atoms with Gasteiger partial charge in [-0.3, -0.25) is 4.79 Å². The number of halogens is 1. The SMILES string of the molecule is COC(C)C.Nc1ccc(Cl)cc1C1=CC(c2ccc(OCCO)cc2)N(C=O)CC1. The van der Waals surface area contributed by atoms with Crippen molar-refractivity contribution >= 4 is 29.3 Å². The van der Waals surface area contributed by atoms with Gasteiger partial charge in [0.2, 0.25) is 6.41 Å². The van der Waals surface area contributed by atoms with Crippen LogP contribution in [0.5, 0.6) is 5.75 Å². The van der Waals surface area contributed by atoms with Crippen molar-refractivity contribution in [2.45, 2.75) is 32.4 Å². The maximum atomic E-state index is 11.5. The van der Waals surface area contributed by atoms with Crippen LogP contribution in [-0.4, -0.2) is 49.4 Å². The maximum absolute atomic E-state index is 11.5. The van der Waals surface area contributed by atoms with Gasteiger partial charge in [0.25, 0.3) is 0 Å². The Morgan fingerprint density at radius 2 is 1.94 bits per heavy atom. The second-order valence-corrected chi connectivity index (χ2v) is 7.82. The molecule has 1 unspecified atom stereocenters. The summed E-state index contributed by atoms with van der Waals surface area (Å²) >= 11 is 6.12. The predicted octanol–water partition coefficient (Wildman–Crippen LogP) is 4.32. The van der Waals surface area contributed by atoms with Crippen molar-refractivity contribution in [1.29, 1.82) is 0 Å². The van der Waals surface area contributed by atoms with Gasteiger partial charge in [0.05, 0.1) is 18.8 Å². The van der Waals surface area contributed by atoms with Gasteiger partial charge in [0.1, 0.15) is 12.4 Å². The van der Waals surface area contributed by atoms with Gasteiger partial charge < -0.3 is 25.2 Å². The van der Waals surface area contributed by atoms with E-state index in [1.54, 1.807) is 24.1 Å². The highest BCUT2D eigenvalue weighted by atomic mass is 35.5. The van der Waals surface area contributed by atoms with Gasteiger partial charge in [-0.15, -0.1) is 0 Å². The normalized spacial score (nSPS) is 15.7. The third kappa shape index (κ3) is 7.28. The summed E-state index contributed by atoms with van der Waals surface area (Å²) in [6.45, 7) is 4.83. The molecule has 1 atom stereocenters. The quantitative estimate of drug-likeness (QED) is 0.488. The van der Waals surface area contributed by atoms with Crippen molar-refractivity contribution < 1.29 is 19.4 Å². The summed E-state index contributed by atoms with van der Waals surface area (Å²) in [5.74, 6) is 0.680. The first kappa shape index (κ1) is 24.7. The molecule has 31 heavy (non-hydrogen) atoms. The molecule has 168 valence electrons. The molecule has 6 nitrogen and oxygen atoms in total. The van der Waals surface area contributed by atoms with E-state index in [9.17, 15) is 4.79 Å². The van der Waals surface area contributed by atoms with Gasteiger partial charge in [-0.1, -0.05) is 29.8 Å². The number of aliphatic hydroxyl groups is 1. The lowest BCUT2D eigenvalue weighted by molar-refractivity contribution is -0.119. The zero-order valence-corrected chi connectivity index (χ0v) is 19.0. The van der Waals surface area contributed by atoms with E-state index in [2.05, 4.69) is 6.08 Å². The van der Waals surface area contributed by atoms with Gasteiger partial charge in [-0.05, 0) is 61.7 Å². The topological polar surface area (TPSA) is 85.0 Å². The number of aliphatic hydroxyl groups excluding tert-OH is 1. The fourth-order valence-corrected chi connectivity index (χ4v) is 3.29. The van der Waals surface area contributed by atoms with Crippen LogP contribution in [0.2, 0.25) is 5.02 Å². The third-order valence-electron chi connectivity index (χ3n) is 4.91. The molecule has 0 bridgehead atoms. The summed E-state index contributed by atoms with van der Waals surface area (Å²) in [5.41, 5.74) is 9.76. The first-order chi connectivity index (χ1) is 14.9. The number of nitrogens with two attached hydrogens (primary N) is 1. The monoisotopic (exact) mass is 446 g/mol. The summed E-state index contributed by atoms with van der Waals surface area (Å²) < 4.78 is 10.1. The minimum Gasteiger partial charge on any atom is -0.491 e. The molecular formula is C24H31ClN2O4. The Morgan fingerprint density at radius 1 is 1.26 bits per heavy atom. The summed E-state index contributed by atoms with van der Waals surface area (Å²) in [7, 11) is 1.70. The molecule has 2 aromatic carbocycles. The molecule has 1 heterocycles. The Morgan fingerprint density at radius 3 is 2.52 bits per heavy atom. The van der Waals surface area contributed by atoms with Gasteiger partial charge in [0, 0.05) is 29.9 Å². The molecule has 3 N–H and O–H groups in total. The molecular weight excluding hydrogens is 416 g/mol. The number of hydrogen-bond acceptors (Lipinski definition) is 5. The van der Waals surface area contributed by atoms with Crippen molar-refractivity contribution in [3.63, 3.8) is 0 Å². The van der Waals surface area contributed by atoms with Crippen molar-refractivity contribution in [1.82, 2.24) is 4.90 Å². The van der Waals surface area contributed by atoms with E-state index in [0.29, 0.717) is 29.1 Å². The molecule has 1 amide bonds. The number of nitrogens with zero attached hydrogens (tertiary/aromatic N) is 1. The van der Waals surface area contributed by atoms with Crippen LogP contribution in [0, 0.1) is 0 Å². The largest absolute Gasteiger partial charge is 0.491 e. The smallest absolute Gasteiger partial charge is 0.210 e. The summed E-state index contributed by atoms with van der Waals surface area (Å²) in [6, 6.07) is 12.8. The van der Waals surface area contributed by atoms with Gasteiger partial charge in [0.15, 0.2) is 0 Å². The zero-order valence-electron chi connectivity index (χ0n) is 18.3. The number of hydrogen-bond donors (Lipinski definition) is 2. The number of carbonyl (C=O) groups is 1. The maximum Gasteiger partial charge on any atom is 0.210 e. The molecule has 0 saturated carbocycles. The van der Waals surface area contributed by atoms with Crippen LogP contribution < -0.4 is 10.5 Å². The zero-order chi connectivity index (χ0) is 22.8. The van der Waals surface area contributed by atoms with E-state index in [-0.39, 0.29) is 19.3 Å². The van der Waals surface area contributed by atoms with Crippen LogP contribution >= 0.6 is 11.6 Å². The molecule has 0 fully saturated rings. The summed E-state index contributed by atoms with van der Waals surface area (Å²) in [6.07, 6.45) is 4.03. The van der Waals surface area contributed by atoms with E-state index in [0.717, 1.165) is 29.5 Å². The Bertz CT molecular complexity index is 868. The highest BCUT2D eigenvalue weighted by molar-refractivity contribution is 6.30. The minimum atomic E-state index is -0.179. The second-order valence-electron chi connectivity index (χ2n) is 7.39. The summed E-state index contributed by atoms with van der Waals surface area (Å²) in [5, 5.41) is 9.47. The number of ether oxygens (including phenoxy) is 2. The number of rotatable bonds is 7. The Balaban J connectivity index is 0.000000614. The molecule has 2 aromatic rings. The Kier molecular flexibility index (Phi) is 9.85. The van der Waals surface area contributed by atoms with Crippen LogP contribution in [0.1, 0.15) is 37.4 Å². The predicted molar refractivity (Wildman–Crippen MR) is 125 cm³/mol. The number of benzene rings is 2. The number of amides is 1. The van der Waals surface area contributed by atoms with Gasteiger partial charge in [-0.25, -0.2) is 0 Å². The average molecular weight is 447 g/mol. The third-order valence-corrected chi connectivity index (χ3v) is 5.14. The van der Waals surface area contributed by atoms with Crippen molar-refractivity contribution in [3.8, 4) is 5.75 Å². The molecule has 1 aliphatic heterocycles. The number of carbonyl (C=O) groups excluding carboxylic acids is 1. The molecule has 0 radical (unpaired) electrons. The van der Waals surface area contributed by atoms with Crippen LogP contribution in [0.4, 0.5) is 5.69 Å². The molecule has 3 rings (SSSR count). The second kappa shape index (κ2) is 12.3. The number of methoxy groups -OCH3 is 1. The van der Waals surface area contributed by atoms with E-state index < -0.39 is 0 Å². The Hall–Kier alpha value is -2.54. The van der Waals surface area contributed by atoms with E-state index in [4.69, 9.17) is 31.9 Å². The molecule has 0 spiro atoms. The fraction of sp³-hybridized carbons (Fsp3) is 0.375. The van der Waals surface area contributed by atoms with Gasteiger partial charge in [-0.2, -0.15) is 0 Å². The lowest BCUT2D eigenvalue weighted by Crippen LogP contribution is -2.30. The highest BCUT2D eigenvalue weighted by Crippen LogP contribution is 2.36. The van der Waals surface area contributed by atoms with Gasteiger partial charge >= 0.3 is 0 Å². The fourth-order valence-electron chi connectivity index (χ4n) is 3.12. The molecule has 0 saturated heterocycles. The Labute approximate surface area is 189 Å². The number of anilines is 1. The van der Waals surface area contributed by atoms with E-state index in [1.807, 2.05) is 44.2 Å². The average Bonchev–Trinajstić information content (AvgIpc) is 2.79.